The fraction of sp³-hybridized carbons (Fsp3) is 0.222. The number of halogens is 2. The van der Waals surface area contributed by atoms with Crippen molar-refractivity contribution < 1.29 is 31.5 Å². The van der Waals surface area contributed by atoms with E-state index in [0.717, 1.165) is 18.4 Å². The zero-order chi connectivity index (χ0) is 20.9. The summed E-state index contributed by atoms with van der Waals surface area (Å²) >= 11 is 0. The lowest BCUT2D eigenvalue weighted by Crippen LogP contribution is -2.37. The second kappa shape index (κ2) is 8.79. The van der Waals surface area contributed by atoms with Crippen LogP contribution >= 0.6 is 0 Å². The summed E-state index contributed by atoms with van der Waals surface area (Å²) in [6.45, 7) is 1.17. The molecule has 0 aromatic heterocycles. The molecule has 7 nitrogen and oxygen atoms in total. The van der Waals surface area contributed by atoms with Gasteiger partial charge in [0.05, 0.1) is 24.1 Å². The van der Waals surface area contributed by atoms with Gasteiger partial charge in [-0.3, -0.25) is 9.10 Å². The number of rotatable bonds is 7. The highest BCUT2D eigenvalue weighted by Crippen LogP contribution is 2.21. The van der Waals surface area contributed by atoms with Crippen LogP contribution in [0.25, 0.3) is 0 Å². The predicted octanol–water partition coefficient (Wildman–Crippen LogP) is 2.55. The highest BCUT2D eigenvalue weighted by atomic mass is 32.2. The van der Waals surface area contributed by atoms with E-state index in [1.807, 2.05) is 0 Å². The van der Waals surface area contributed by atoms with Gasteiger partial charge in [0, 0.05) is 11.8 Å². The van der Waals surface area contributed by atoms with E-state index in [4.69, 9.17) is 4.74 Å². The Balaban J connectivity index is 2.20. The van der Waals surface area contributed by atoms with Crippen LogP contribution in [0.1, 0.15) is 17.3 Å². The van der Waals surface area contributed by atoms with Crippen molar-refractivity contribution in [3.8, 4) is 0 Å². The van der Waals surface area contributed by atoms with E-state index in [0.29, 0.717) is 10.4 Å². The Kier molecular flexibility index (Phi) is 6.68. The first kappa shape index (κ1) is 21.3. The highest BCUT2D eigenvalue weighted by molar-refractivity contribution is 7.92. The van der Waals surface area contributed by atoms with Crippen LogP contribution in [-0.2, 0) is 19.6 Å². The van der Waals surface area contributed by atoms with Gasteiger partial charge in [0.2, 0.25) is 15.9 Å². The first-order valence-corrected chi connectivity index (χ1v) is 9.96. The maximum Gasteiger partial charge on any atom is 0.338 e. The number of hydrogen-bond acceptors (Lipinski definition) is 5. The number of hydrogen-bond donors (Lipinski definition) is 1. The summed E-state index contributed by atoms with van der Waals surface area (Å²) in [6, 6.07) is 8.40. The molecule has 10 heteroatoms. The number of amides is 1. The molecule has 1 N–H and O–H groups in total. The Bertz CT molecular complexity index is 995. The summed E-state index contributed by atoms with van der Waals surface area (Å²) in [7, 11) is -3.95. The molecule has 0 spiro atoms. The lowest BCUT2D eigenvalue weighted by atomic mass is 10.2. The number of benzene rings is 2. The minimum absolute atomic E-state index is 0.187. The largest absolute Gasteiger partial charge is 0.462 e. The van der Waals surface area contributed by atoms with E-state index in [-0.39, 0.29) is 23.5 Å². The van der Waals surface area contributed by atoms with Crippen LogP contribution < -0.4 is 9.62 Å². The van der Waals surface area contributed by atoms with Gasteiger partial charge in [0.25, 0.3) is 0 Å². The van der Waals surface area contributed by atoms with Crippen LogP contribution in [0.2, 0.25) is 0 Å². The van der Waals surface area contributed by atoms with Crippen LogP contribution in [0.5, 0.6) is 0 Å². The maximum absolute atomic E-state index is 13.5. The Labute approximate surface area is 161 Å². The van der Waals surface area contributed by atoms with Gasteiger partial charge >= 0.3 is 5.97 Å². The van der Waals surface area contributed by atoms with Crippen LogP contribution in [0.4, 0.5) is 20.2 Å². The van der Waals surface area contributed by atoms with Crippen molar-refractivity contribution >= 4 is 33.3 Å². The molecule has 1 amide bonds. The van der Waals surface area contributed by atoms with Crippen molar-refractivity contribution in [2.75, 3.05) is 29.0 Å². The number of sulfonamides is 1. The van der Waals surface area contributed by atoms with E-state index in [2.05, 4.69) is 5.32 Å². The number of carbonyl (C=O) groups excluding carboxylic acids is 2. The topological polar surface area (TPSA) is 92.8 Å². The van der Waals surface area contributed by atoms with E-state index in [9.17, 15) is 26.8 Å². The quantitative estimate of drug-likeness (QED) is 0.706. The third-order valence-corrected chi connectivity index (χ3v) is 4.68. The molecule has 0 atom stereocenters. The first-order chi connectivity index (χ1) is 13.1. The summed E-state index contributed by atoms with van der Waals surface area (Å²) < 4.78 is 56.1. The van der Waals surface area contributed by atoms with Gasteiger partial charge in [-0.2, -0.15) is 0 Å². The summed E-state index contributed by atoms with van der Waals surface area (Å²) in [6.07, 6.45) is 0.836. The van der Waals surface area contributed by atoms with Crippen LogP contribution in [0.3, 0.4) is 0 Å². The Morgan fingerprint density at radius 2 is 1.82 bits per heavy atom. The Hall–Kier alpha value is -3.01. The number of carbonyl (C=O) groups is 2. The minimum atomic E-state index is -3.95. The van der Waals surface area contributed by atoms with Crippen molar-refractivity contribution in [3.05, 3.63) is 59.7 Å². The first-order valence-electron chi connectivity index (χ1n) is 8.11. The van der Waals surface area contributed by atoms with Crippen molar-refractivity contribution in [1.82, 2.24) is 0 Å². The van der Waals surface area contributed by atoms with Gasteiger partial charge in [-0.15, -0.1) is 0 Å². The van der Waals surface area contributed by atoms with Crippen molar-refractivity contribution in [3.63, 3.8) is 0 Å². The number of ether oxygens (including phenoxy) is 1. The van der Waals surface area contributed by atoms with Crippen LogP contribution in [-0.4, -0.2) is 39.7 Å². The monoisotopic (exact) mass is 412 g/mol. The van der Waals surface area contributed by atoms with E-state index in [1.54, 1.807) is 6.92 Å². The zero-order valence-electron chi connectivity index (χ0n) is 15.1. The van der Waals surface area contributed by atoms with Crippen LogP contribution in [0.15, 0.2) is 42.5 Å². The van der Waals surface area contributed by atoms with Gasteiger partial charge in [-0.25, -0.2) is 22.0 Å². The summed E-state index contributed by atoms with van der Waals surface area (Å²) in [4.78, 5) is 24.0. The third-order valence-electron chi connectivity index (χ3n) is 3.54. The van der Waals surface area contributed by atoms with E-state index >= 15 is 0 Å². The van der Waals surface area contributed by atoms with Gasteiger partial charge < -0.3 is 10.1 Å². The molecule has 0 fully saturated rings. The molecule has 2 aromatic carbocycles. The molecular weight excluding hydrogens is 394 g/mol. The average Bonchev–Trinajstić information content (AvgIpc) is 2.61. The molecule has 2 aromatic rings. The SMILES string of the molecule is CCOC(=O)c1cccc(NC(=O)CN(c2ccc(F)c(F)c2)S(C)(=O)=O)c1. The van der Waals surface area contributed by atoms with Crippen molar-refractivity contribution in [2.45, 2.75) is 6.92 Å². The molecule has 0 saturated carbocycles. The lowest BCUT2D eigenvalue weighted by molar-refractivity contribution is -0.114. The number of anilines is 2. The van der Waals surface area contributed by atoms with Crippen molar-refractivity contribution in [2.24, 2.45) is 0 Å². The van der Waals surface area contributed by atoms with E-state index in [1.165, 1.54) is 24.3 Å². The van der Waals surface area contributed by atoms with Gasteiger partial charge in [0.15, 0.2) is 11.6 Å². The molecule has 0 aliphatic carbocycles. The predicted molar refractivity (Wildman–Crippen MR) is 99.6 cm³/mol. The molecule has 0 radical (unpaired) electrons. The highest BCUT2D eigenvalue weighted by Gasteiger charge is 2.22. The molecule has 0 aliphatic rings. The molecule has 28 heavy (non-hydrogen) atoms. The molecule has 0 heterocycles. The zero-order valence-corrected chi connectivity index (χ0v) is 15.9. The molecule has 0 bridgehead atoms. The average molecular weight is 412 g/mol. The maximum atomic E-state index is 13.5. The summed E-state index contributed by atoms with van der Waals surface area (Å²) in [5.74, 6) is -3.69. The van der Waals surface area contributed by atoms with Gasteiger partial charge in [-0.1, -0.05) is 6.07 Å². The second-order valence-corrected chi connectivity index (χ2v) is 7.62. The number of nitrogens with one attached hydrogen (secondary N) is 1. The molecule has 0 saturated heterocycles. The molecule has 0 unspecified atom stereocenters. The van der Waals surface area contributed by atoms with Gasteiger partial charge in [-0.05, 0) is 37.3 Å². The minimum Gasteiger partial charge on any atom is -0.462 e. The lowest BCUT2D eigenvalue weighted by Gasteiger charge is -2.22. The van der Waals surface area contributed by atoms with Crippen LogP contribution in [0, 0.1) is 11.6 Å². The molecule has 0 aliphatic heterocycles. The number of nitrogens with zero attached hydrogens (tertiary/aromatic N) is 1. The Morgan fingerprint density at radius 3 is 2.43 bits per heavy atom. The normalized spacial score (nSPS) is 11.0. The number of esters is 1. The van der Waals surface area contributed by atoms with E-state index < -0.39 is 40.1 Å². The van der Waals surface area contributed by atoms with Gasteiger partial charge in [0.1, 0.15) is 6.54 Å². The molecule has 150 valence electrons. The second-order valence-electron chi connectivity index (χ2n) is 5.72. The summed E-state index contributed by atoms with van der Waals surface area (Å²) in [5.41, 5.74) is 0.256. The molecular formula is C18H18F2N2O5S. The smallest absolute Gasteiger partial charge is 0.338 e. The summed E-state index contributed by atoms with van der Waals surface area (Å²) in [5, 5.41) is 2.46. The fourth-order valence-electron chi connectivity index (χ4n) is 2.31. The Morgan fingerprint density at radius 1 is 1.11 bits per heavy atom. The molecule has 2 rings (SSSR count). The third kappa shape index (κ3) is 5.49. The fourth-order valence-corrected chi connectivity index (χ4v) is 3.16. The van der Waals surface area contributed by atoms with Crippen molar-refractivity contribution in [1.29, 1.82) is 0 Å². The standard InChI is InChI=1S/C18H18F2N2O5S/c1-3-27-18(24)12-5-4-6-13(9-12)21-17(23)11-22(28(2,25)26)14-7-8-15(19)16(20)10-14/h4-10H,3,11H2,1-2H3,(H,21,23).